The van der Waals surface area contributed by atoms with E-state index in [2.05, 4.69) is 0 Å². The number of fused-ring (bicyclic) bond motifs is 1. The Morgan fingerprint density at radius 2 is 1.56 bits per heavy atom. The van der Waals surface area contributed by atoms with Crippen molar-refractivity contribution in [1.82, 2.24) is 14.4 Å². The second kappa shape index (κ2) is 8.90. The maximum Gasteiger partial charge on any atom is 0.289 e. The van der Waals surface area contributed by atoms with Crippen molar-refractivity contribution < 1.29 is 18.7 Å². The average molecular weight is 457 g/mol. The summed E-state index contributed by atoms with van der Waals surface area (Å²) in [5, 5.41) is 1.06. The van der Waals surface area contributed by atoms with Gasteiger partial charge in [0, 0.05) is 49.2 Å². The molecule has 34 heavy (non-hydrogen) atoms. The SMILES string of the molecule is COc1cccc(-n2cc(C(=O)N3CCN(C(=O)c4ccco4)CC3)c3ccccc3c2=O)c1. The van der Waals surface area contributed by atoms with Crippen molar-refractivity contribution >= 4 is 22.6 Å². The number of pyridine rings is 1. The number of amides is 2. The van der Waals surface area contributed by atoms with Gasteiger partial charge in [0.1, 0.15) is 5.75 Å². The molecule has 0 atom stereocenters. The highest BCUT2D eigenvalue weighted by Gasteiger charge is 2.28. The molecule has 1 aliphatic rings. The number of methoxy groups -OCH3 is 1. The lowest BCUT2D eigenvalue weighted by atomic mass is 10.1. The Balaban J connectivity index is 1.47. The molecule has 2 aromatic carbocycles. The monoisotopic (exact) mass is 457 g/mol. The Hall–Kier alpha value is -4.33. The van der Waals surface area contributed by atoms with Gasteiger partial charge < -0.3 is 19.0 Å². The van der Waals surface area contributed by atoms with Crippen molar-refractivity contribution in [1.29, 1.82) is 0 Å². The van der Waals surface area contributed by atoms with Crippen molar-refractivity contribution in [3.8, 4) is 11.4 Å². The molecule has 8 heteroatoms. The van der Waals surface area contributed by atoms with E-state index < -0.39 is 0 Å². The van der Waals surface area contributed by atoms with Gasteiger partial charge in [-0.3, -0.25) is 19.0 Å². The first-order chi connectivity index (χ1) is 16.6. The molecule has 3 heterocycles. The average Bonchev–Trinajstić information content (AvgIpc) is 3.43. The highest BCUT2D eigenvalue weighted by molar-refractivity contribution is 6.06. The van der Waals surface area contributed by atoms with E-state index in [0.29, 0.717) is 54.0 Å². The number of rotatable bonds is 4. The Labute approximate surface area is 195 Å². The van der Waals surface area contributed by atoms with Crippen LogP contribution in [0.25, 0.3) is 16.5 Å². The standard InChI is InChI=1S/C26H23N3O5/c1-33-19-7-4-6-18(16-19)29-17-22(20-8-2-3-9-21(20)25(29)31)24(30)27-11-13-28(14-12-27)26(32)23-10-5-15-34-23/h2-10,15-17H,11-14H2,1H3. The third-order valence-corrected chi connectivity index (χ3v) is 6.07. The summed E-state index contributed by atoms with van der Waals surface area (Å²) in [4.78, 5) is 42.8. The van der Waals surface area contributed by atoms with Gasteiger partial charge in [0.15, 0.2) is 5.76 Å². The van der Waals surface area contributed by atoms with Gasteiger partial charge in [0.2, 0.25) is 0 Å². The molecule has 8 nitrogen and oxygen atoms in total. The zero-order valence-corrected chi connectivity index (χ0v) is 18.6. The van der Waals surface area contributed by atoms with Gasteiger partial charge in [0.25, 0.3) is 17.4 Å². The number of hydrogen-bond acceptors (Lipinski definition) is 5. The number of carbonyl (C=O) groups is 2. The van der Waals surface area contributed by atoms with Crippen molar-refractivity contribution in [3.63, 3.8) is 0 Å². The smallest absolute Gasteiger partial charge is 0.289 e. The first-order valence-electron chi connectivity index (χ1n) is 11.0. The molecular weight excluding hydrogens is 434 g/mol. The fraction of sp³-hybridized carbons (Fsp3) is 0.192. The topological polar surface area (TPSA) is 85.0 Å². The molecule has 0 radical (unpaired) electrons. The normalized spacial score (nSPS) is 13.8. The maximum atomic E-state index is 13.6. The lowest BCUT2D eigenvalue weighted by Gasteiger charge is -2.34. The van der Waals surface area contributed by atoms with Gasteiger partial charge in [-0.05, 0) is 30.3 Å². The van der Waals surface area contributed by atoms with E-state index in [4.69, 9.17) is 9.15 Å². The molecule has 0 saturated carbocycles. The Morgan fingerprint density at radius 1 is 0.853 bits per heavy atom. The first kappa shape index (κ1) is 21.5. The molecule has 5 rings (SSSR count). The van der Waals surface area contributed by atoms with Crippen LogP contribution in [-0.4, -0.2) is 59.5 Å². The summed E-state index contributed by atoms with van der Waals surface area (Å²) in [6.07, 6.45) is 3.07. The molecule has 172 valence electrons. The number of aromatic nitrogens is 1. The number of ether oxygens (including phenoxy) is 1. The van der Waals surface area contributed by atoms with Gasteiger partial charge in [-0.25, -0.2) is 0 Å². The van der Waals surface area contributed by atoms with Gasteiger partial charge in [0.05, 0.1) is 24.6 Å². The molecule has 0 N–H and O–H groups in total. The fourth-order valence-corrected chi connectivity index (χ4v) is 4.25. The highest BCUT2D eigenvalue weighted by atomic mass is 16.5. The van der Waals surface area contributed by atoms with E-state index in [1.165, 1.54) is 10.8 Å². The minimum absolute atomic E-state index is 0.182. The van der Waals surface area contributed by atoms with E-state index in [0.717, 1.165) is 0 Å². The molecule has 2 aromatic heterocycles. The van der Waals surface area contributed by atoms with Crippen LogP contribution in [0.3, 0.4) is 0 Å². The lowest BCUT2D eigenvalue weighted by molar-refractivity contribution is 0.0519. The maximum absolute atomic E-state index is 13.6. The van der Waals surface area contributed by atoms with E-state index in [1.54, 1.807) is 77.7 Å². The van der Waals surface area contributed by atoms with Gasteiger partial charge in [-0.2, -0.15) is 0 Å². The summed E-state index contributed by atoms with van der Waals surface area (Å²) in [6, 6.07) is 17.6. The first-order valence-corrected chi connectivity index (χ1v) is 11.0. The highest BCUT2D eigenvalue weighted by Crippen LogP contribution is 2.22. The predicted octanol–water partition coefficient (Wildman–Crippen LogP) is 3.19. The van der Waals surface area contributed by atoms with Crippen molar-refractivity contribution in [2.24, 2.45) is 0 Å². The van der Waals surface area contributed by atoms with Crippen LogP contribution >= 0.6 is 0 Å². The lowest BCUT2D eigenvalue weighted by Crippen LogP contribution is -2.50. The van der Waals surface area contributed by atoms with Crippen molar-refractivity contribution in [2.45, 2.75) is 0 Å². The van der Waals surface area contributed by atoms with E-state index in [9.17, 15) is 14.4 Å². The fourth-order valence-electron chi connectivity index (χ4n) is 4.25. The number of carbonyl (C=O) groups excluding carboxylic acids is 2. The minimum atomic E-state index is -0.214. The zero-order chi connectivity index (χ0) is 23.7. The Bertz CT molecular complexity index is 1420. The van der Waals surface area contributed by atoms with Gasteiger partial charge >= 0.3 is 0 Å². The summed E-state index contributed by atoms with van der Waals surface area (Å²) in [7, 11) is 1.56. The molecule has 1 aliphatic heterocycles. The molecular formula is C26H23N3O5. The van der Waals surface area contributed by atoms with E-state index >= 15 is 0 Å². The predicted molar refractivity (Wildman–Crippen MR) is 127 cm³/mol. The number of hydrogen-bond donors (Lipinski definition) is 0. The molecule has 1 fully saturated rings. The summed E-state index contributed by atoms with van der Waals surface area (Å²) >= 11 is 0. The van der Waals surface area contributed by atoms with Crippen LogP contribution in [0.2, 0.25) is 0 Å². The Kier molecular flexibility index (Phi) is 5.63. The zero-order valence-electron chi connectivity index (χ0n) is 18.6. The summed E-state index contributed by atoms with van der Waals surface area (Å²) in [5.41, 5.74) is 0.830. The molecule has 0 bridgehead atoms. The molecule has 4 aromatic rings. The Morgan fingerprint density at radius 3 is 2.24 bits per heavy atom. The summed E-state index contributed by atoms with van der Waals surface area (Å²) in [5.74, 6) is 0.533. The number of furan rings is 1. The molecule has 0 unspecified atom stereocenters. The van der Waals surface area contributed by atoms with Gasteiger partial charge in [-0.1, -0.05) is 24.3 Å². The second-order valence-corrected chi connectivity index (χ2v) is 8.03. The molecule has 1 saturated heterocycles. The minimum Gasteiger partial charge on any atom is -0.497 e. The molecule has 0 aliphatic carbocycles. The third kappa shape index (κ3) is 3.83. The van der Waals surface area contributed by atoms with Gasteiger partial charge in [-0.15, -0.1) is 0 Å². The van der Waals surface area contributed by atoms with E-state index in [-0.39, 0.29) is 23.1 Å². The van der Waals surface area contributed by atoms with Crippen LogP contribution in [-0.2, 0) is 0 Å². The largest absolute Gasteiger partial charge is 0.497 e. The van der Waals surface area contributed by atoms with Crippen molar-refractivity contribution in [3.05, 3.63) is 94.8 Å². The van der Waals surface area contributed by atoms with Crippen LogP contribution in [0, 0.1) is 0 Å². The molecule has 2 amide bonds. The van der Waals surface area contributed by atoms with Crippen molar-refractivity contribution in [2.75, 3.05) is 33.3 Å². The molecule has 0 spiro atoms. The number of piperazine rings is 1. The summed E-state index contributed by atoms with van der Waals surface area (Å²) < 4.78 is 12.0. The van der Waals surface area contributed by atoms with E-state index in [1.807, 2.05) is 6.07 Å². The van der Waals surface area contributed by atoms with Crippen LogP contribution in [0.4, 0.5) is 0 Å². The van der Waals surface area contributed by atoms with Crippen LogP contribution in [0.15, 0.2) is 82.3 Å². The van der Waals surface area contributed by atoms with Crippen LogP contribution < -0.4 is 10.3 Å². The second-order valence-electron chi connectivity index (χ2n) is 8.03. The number of benzene rings is 2. The summed E-state index contributed by atoms with van der Waals surface area (Å²) in [6.45, 7) is 1.58. The quantitative estimate of drug-likeness (QED) is 0.470. The van der Waals surface area contributed by atoms with Crippen LogP contribution in [0.5, 0.6) is 5.75 Å². The number of nitrogens with zero attached hydrogens (tertiary/aromatic N) is 3. The third-order valence-electron chi connectivity index (χ3n) is 6.07. The van der Waals surface area contributed by atoms with Crippen LogP contribution in [0.1, 0.15) is 20.9 Å².